The molecule has 5 nitrogen and oxygen atoms in total. The van der Waals surface area contributed by atoms with E-state index in [-0.39, 0.29) is 18.2 Å². The summed E-state index contributed by atoms with van der Waals surface area (Å²) in [4.78, 5) is 37.4. The molecule has 0 radical (unpaired) electrons. The highest BCUT2D eigenvalue weighted by atomic mass is 16.2. The van der Waals surface area contributed by atoms with E-state index in [1.165, 1.54) is 7.05 Å². The molecule has 1 atom stereocenters. The Balaban J connectivity index is 0.00000211. The van der Waals surface area contributed by atoms with E-state index in [2.05, 4.69) is 11.9 Å². The van der Waals surface area contributed by atoms with Crippen molar-refractivity contribution in [2.75, 3.05) is 7.05 Å². The van der Waals surface area contributed by atoms with Gasteiger partial charge in [-0.2, -0.15) is 0 Å². The van der Waals surface area contributed by atoms with Gasteiger partial charge in [0.1, 0.15) is 6.04 Å². The van der Waals surface area contributed by atoms with Gasteiger partial charge in [-0.1, -0.05) is 39.5 Å². The number of piperidine rings is 1. The van der Waals surface area contributed by atoms with Crippen molar-refractivity contribution in [3.63, 3.8) is 0 Å². The number of carbonyl (C=O) groups is 3. The van der Waals surface area contributed by atoms with Crippen LogP contribution in [0.25, 0.3) is 0 Å². The predicted molar refractivity (Wildman–Crippen MR) is 88.0 cm³/mol. The smallest absolute Gasteiger partial charge is 0.261 e. The van der Waals surface area contributed by atoms with Gasteiger partial charge in [0.15, 0.2) is 0 Å². The minimum Gasteiger partial charge on any atom is -0.357 e. The SMILES string of the molecule is C=C1CC(=O)N(C(CC)C(=O)NC)C(=O)/C1=C/C=C\C.CC. The van der Waals surface area contributed by atoms with E-state index in [4.69, 9.17) is 0 Å². The first-order valence-electron chi connectivity index (χ1n) is 7.57. The lowest BCUT2D eigenvalue weighted by Crippen LogP contribution is -2.54. The summed E-state index contributed by atoms with van der Waals surface area (Å²) in [7, 11) is 1.49. The number of hydrogen-bond donors (Lipinski definition) is 1. The normalized spacial score (nSPS) is 18.3. The van der Waals surface area contributed by atoms with Crippen LogP contribution in [-0.4, -0.2) is 35.7 Å². The molecule has 1 aliphatic rings. The molecule has 3 amide bonds. The zero-order chi connectivity index (χ0) is 17.3. The fraction of sp³-hybridized carbons (Fsp3) is 0.471. The van der Waals surface area contributed by atoms with Crippen molar-refractivity contribution in [1.82, 2.24) is 10.2 Å². The Morgan fingerprint density at radius 1 is 1.41 bits per heavy atom. The van der Waals surface area contributed by atoms with Gasteiger partial charge in [-0.3, -0.25) is 19.3 Å². The van der Waals surface area contributed by atoms with Gasteiger partial charge in [0.05, 0.1) is 6.42 Å². The number of amides is 3. The molecule has 122 valence electrons. The molecular weight excluding hydrogens is 280 g/mol. The van der Waals surface area contributed by atoms with E-state index in [1.807, 2.05) is 20.8 Å². The van der Waals surface area contributed by atoms with E-state index < -0.39 is 11.9 Å². The van der Waals surface area contributed by atoms with E-state index in [0.717, 1.165) is 4.90 Å². The maximum Gasteiger partial charge on any atom is 0.261 e. The molecular formula is C17H26N2O3. The van der Waals surface area contributed by atoms with Gasteiger partial charge in [0, 0.05) is 12.6 Å². The fourth-order valence-corrected chi connectivity index (χ4v) is 2.11. The van der Waals surface area contributed by atoms with Crippen LogP contribution in [-0.2, 0) is 14.4 Å². The molecule has 0 saturated carbocycles. The minimum absolute atomic E-state index is 0.0582. The molecule has 1 N–H and O–H groups in total. The van der Waals surface area contributed by atoms with E-state index in [0.29, 0.717) is 17.6 Å². The molecule has 1 rings (SSSR count). The first-order chi connectivity index (χ1) is 10.5. The van der Waals surface area contributed by atoms with Crippen LogP contribution in [0.3, 0.4) is 0 Å². The minimum atomic E-state index is -0.776. The monoisotopic (exact) mass is 306 g/mol. The van der Waals surface area contributed by atoms with Crippen molar-refractivity contribution < 1.29 is 14.4 Å². The molecule has 22 heavy (non-hydrogen) atoms. The maximum atomic E-state index is 12.4. The lowest BCUT2D eigenvalue weighted by Gasteiger charge is -2.33. The average molecular weight is 306 g/mol. The Morgan fingerprint density at radius 2 is 2.00 bits per heavy atom. The zero-order valence-corrected chi connectivity index (χ0v) is 14.1. The van der Waals surface area contributed by atoms with Crippen molar-refractivity contribution in [2.24, 2.45) is 0 Å². The van der Waals surface area contributed by atoms with Gasteiger partial charge in [-0.05, 0) is 25.0 Å². The molecule has 0 aromatic rings. The van der Waals surface area contributed by atoms with Gasteiger partial charge in [-0.25, -0.2) is 0 Å². The molecule has 1 heterocycles. The molecule has 0 aliphatic carbocycles. The van der Waals surface area contributed by atoms with Crippen molar-refractivity contribution in [2.45, 2.75) is 46.6 Å². The second-order valence-corrected chi connectivity index (χ2v) is 4.49. The van der Waals surface area contributed by atoms with Crippen molar-refractivity contribution >= 4 is 17.7 Å². The van der Waals surface area contributed by atoms with Crippen molar-refractivity contribution in [3.05, 3.63) is 36.0 Å². The van der Waals surface area contributed by atoms with Crippen LogP contribution in [0.2, 0.25) is 0 Å². The third kappa shape index (κ3) is 4.41. The third-order valence-corrected chi connectivity index (χ3v) is 3.17. The summed E-state index contributed by atoms with van der Waals surface area (Å²) in [6.07, 6.45) is 5.56. The molecule has 5 heteroatoms. The summed E-state index contributed by atoms with van der Waals surface area (Å²) in [6, 6.07) is -0.776. The topological polar surface area (TPSA) is 66.5 Å². The standard InChI is InChI=1S/C15H20N2O3.C2H6/c1-5-7-8-11-10(3)9-13(18)17(15(11)20)12(6-2)14(19)16-4;1-2/h5,7-8,12H,3,6,9H2,1-2,4H3,(H,16,19);1-2H3/b7-5-,11-8+;. The summed E-state index contributed by atoms with van der Waals surface area (Å²) in [5.41, 5.74) is 0.867. The first-order valence-corrected chi connectivity index (χ1v) is 7.57. The van der Waals surface area contributed by atoms with E-state index in [1.54, 1.807) is 25.2 Å². The number of hydrogen-bond acceptors (Lipinski definition) is 3. The highest BCUT2D eigenvalue weighted by Crippen LogP contribution is 2.25. The van der Waals surface area contributed by atoms with Crippen LogP contribution in [0, 0.1) is 0 Å². The van der Waals surface area contributed by atoms with Crippen molar-refractivity contribution in [3.8, 4) is 0 Å². The molecule has 1 aliphatic heterocycles. The number of rotatable bonds is 4. The lowest BCUT2D eigenvalue weighted by molar-refractivity contribution is -0.150. The number of carbonyl (C=O) groups excluding carboxylic acids is 3. The van der Waals surface area contributed by atoms with Crippen LogP contribution in [0.5, 0.6) is 0 Å². The molecule has 0 aromatic carbocycles. The highest BCUT2D eigenvalue weighted by molar-refractivity contribution is 6.13. The van der Waals surface area contributed by atoms with Crippen molar-refractivity contribution in [1.29, 1.82) is 0 Å². The lowest BCUT2D eigenvalue weighted by atomic mass is 9.95. The van der Waals surface area contributed by atoms with E-state index >= 15 is 0 Å². The number of imide groups is 1. The Bertz CT molecular complexity index is 504. The van der Waals surface area contributed by atoms with Gasteiger partial charge in [-0.15, -0.1) is 0 Å². The van der Waals surface area contributed by atoms with E-state index in [9.17, 15) is 14.4 Å². The molecule has 1 unspecified atom stereocenters. The Kier molecular flexibility index (Phi) is 8.75. The first kappa shape index (κ1) is 19.8. The molecule has 0 bridgehead atoms. The molecule has 0 aromatic heterocycles. The Labute approximate surface area is 132 Å². The van der Waals surface area contributed by atoms with Crippen LogP contribution in [0.15, 0.2) is 36.0 Å². The summed E-state index contributed by atoms with van der Waals surface area (Å²) in [6.45, 7) is 11.4. The number of nitrogens with one attached hydrogen (secondary N) is 1. The zero-order valence-electron chi connectivity index (χ0n) is 14.1. The largest absolute Gasteiger partial charge is 0.357 e. The number of allylic oxidation sites excluding steroid dienone is 3. The predicted octanol–water partition coefficient (Wildman–Crippen LogP) is 2.35. The number of likely N-dealkylation sites (N-methyl/N-ethyl adjacent to an activating group) is 1. The average Bonchev–Trinajstić information content (AvgIpc) is 2.52. The molecule has 1 fully saturated rings. The second kappa shape index (κ2) is 9.71. The van der Waals surface area contributed by atoms with Gasteiger partial charge in [0.25, 0.3) is 5.91 Å². The van der Waals surface area contributed by atoms with Gasteiger partial charge < -0.3 is 5.32 Å². The van der Waals surface area contributed by atoms with Gasteiger partial charge >= 0.3 is 0 Å². The van der Waals surface area contributed by atoms with Gasteiger partial charge in [0.2, 0.25) is 11.8 Å². The van der Waals surface area contributed by atoms with Crippen LogP contribution in [0.1, 0.15) is 40.5 Å². The summed E-state index contributed by atoms with van der Waals surface area (Å²) >= 11 is 0. The molecule has 0 spiro atoms. The molecule has 1 saturated heterocycles. The summed E-state index contributed by atoms with van der Waals surface area (Å²) < 4.78 is 0. The Morgan fingerprint density at radius 3 is 2.45 bits per heavy atom. The maximum absolute atomic E-state index is 12.4. The number of likely N-dealkylation sites (tertiary alicyclic amines) is 1. The van der Waals surface area contributed by atoms with Crippen LogP contribution in [0.4, 0.5) is 0 Å². The highest BCUT2D eigenvalue weighted by Gasteiger charge is 2.38. The van der Waals surface area contributed by atoms with Crippen LogP contribution >= 0.6 is 0 Å². The summed E-state index contributed by atoms with van der Waals surface area (Å²) in [5.74, 6) is -1.18. The number of nitrogens with zero attached hydrogens (tertiary/aromatic N) is 1. The fourth-order valence-electron chi connectivity index (χ4n) is 2.11. The third-order valence-electron chi connectivity index (χ3n) is 3.17. The second-order valence-electron chi connectivity index (χ2n) is 4.49. The summed E-state index contributed by atoms with van der Waals surface area (Å²) in [5, 5.41) is 2.48. The Hall–Kier alpha value is -2.17. The van der Waals surface area contributed by atoms with Crippen LogP contribution < -0.4 is 5.32 Å². The quantitative estimate of drug-likeness (QED) is 0.640.